The summed E-state index contributed by atoms with van der Waals surface area (Å²) in [5.74, 6) is 0.209. The van der Waals surface area contributed by atoms with Crippen LogP contribution in [0.25, 0.3) is 0 Å². The number of rotatable bonds is 3. The lowest BCUT2D eigenvalue weighted by Gasteiger charge is -2.31. The van der Waals surface area contributed by atoms with Gasteiger partial charge in [0.25, 0.3) is 5.91 Å². The molecule has 1 fully saturated rings. The molecule has 7 nitrogen and oxygen atoms in total. The second-order valence-electron chi connectivity index (χ2n) is 6.71. The van der Waals surface area contributed by atoms with Crippen LogP contribution in [0, 0.1) is 0 Å². The number of hydrogen-bond donors (Lipinski definition) is 2. The fourth-order valence-electron chi connectivity index (χ4n) is 3.13. The number of carbonyl (C=O) groups is 1. The number of phenols is 1. The number of carbonyl (C=O) groups excluding carboxylic acids is 1. The first kappa shape index (κ1) is 19.0. The monoisotopic (exact) mass is 383 g/mol. The summed E-state index contributed by atoms with van der Waals surface area (Å²) in [6.07, 6.45) is -3.54. The lowest BCUT2D eigenvalue weighted by atomic mass is 9.95. The lowest BCUT2D eigenvalue weighted by molar-refractivity contribution is -0.138. The number of nitrogens with one attached hydrogen (secondary N) is 1. The van der Waals surface area contributed by atoms with Gasteiger partial charge in [0.05, 0.1) is 11.1 Å². The topological polar surface area (TPSA) is 85.4 Å². The summed E-state index contributed by atoms with van der Waals surface area (Å²) in [4.78, 5) is 20.2. The molecule has 1 amide bonds. The summed E-state index contributed by atoms with van der Waals surface area (Å²) in [5, 5.41) is 16.5. The second kappa shape index (κ2) is 7.09. The van der Waals surface area contributed by atoms with E-state index in [0.717, 1.165) is 18.2 Å². The van der Waals surface area contributed by atoms with Crippen molar-refractivity contribution in [3.8, 4) is 5.75 Å². The van der Waals surface area contributed by atoms with Crippen molar-refractivity contribution in [2.24, 2.45) is 0 Å². The van der Waals surface area contributed by atoms with Gasteiger partial charge < -0.3 is 14.9 Å². The van der Waals surface area contributed by atoms with Gasteiger partial charge in [0.15, 0.2) is 0 Å². The van der Waals surface area contributed by atoms with Crippen molar-refractivity contribution in [1.82, 2.24) is 20.1 Å². The molecule has 0 bridgehead atoms. The first-order valence-corrected chi connectivity index (χ1v) is 8.46. The van der Waals surface area contributed by atoms with Crippen molar-refractivity contribution in [3.05, 3.63) is 35.2 Å². The van der Waals surface area contributed by atoms with Gasteiger partial charge in [-0.2, -0.15) is 18.2 Å². The van der Waals surface area contributed by atoms with Crippen LogP contribution in [0.2, 0.25) is 0 Å². The molecular weight excluding hydrogens is 363 g/mol. The van der Waals surface area contributed by atoms with Crippen molar-refractivity contribution in [1.29, 1.82) is 0 Å². The number of anilines is 1. The van der Waals surface area contributed by atoms with Crippen LogP contribution in [-0.4, -0.2) is 58.3 Å². The summed E-state index contributed by atoms with van der Waals surface area (Å²) in [5.41, 5.74) is -1.58. The number of aromatic amines is 1. The molecule has 146 valence electrons. The minimum Gasteiger partial charge on any atom is -0.508 e. The third-order valence-corrected chi connectivity index (χ3v) is 4.60. The summed E-state index contributed by atoms with van der Waals surface area (Å²) >= 11 is 0. The van der Waals surface area contributed by atoms with E-state index in [1.54, 1.807) is 4.90 Å². The Morgan fingerprint density at radius 3 is 2.52 bits per heavy atom. The Morgan fingerprint density at radius 1 is 1.30 bits per heavy atom. The van der Waals surface area contributed by atoms with E-state index < -0.39 is 23.2 Å². The average Bonchev–Trinajstić information content (AvgIpc) is 3.10. The highest BCUT2D eigenvalue weighted by Gasteiger charge is 2.37. The first-order chi connectivity index (χ1) is 12.7. The van der Waals surface area contributed by atoms with E-state index in [-0.39, 0.29) is 11.7 Å². The summed E-state index contributed by atoms with van der Waals surface area (Å²) in [6.45, 7) is 0.600. The maximum Gasteiger partial charge on any atom is 0.417 e. The molecule has 0 unspecified atom stereocenters. The molecule has 27 heavy (non-hydrogen) atoms. The van der Waals surface area contributed by atoms with Crippen LogP contribution in [0.3, 0.4) is 0 Å². The van der Waals surface area contributed by atoms with Gasteiger partial charge in [0, 0.05) is 33.1 Å². The van der Waals surface area contributed by atoms with Crippen LogP contribution in [0.4, 0.5) is 19.1 Å². The van der Waals surface area contributed by atoms with Crippen molar-refractivity contribution >= 4 is 11.9 Å². The molecule has 2 heterocycles. The highest BCUT2D eigenvalue weighted by Crippen LogP contribution is 2.35. The van der Waals surface area contributed by atoms with Crippen LogP contribution in [-0.2, 0) is 6.18 Å². The number of alkyl halides is 3. The molecule has 10 heteroatoms. The standard InChI is InChI=1S/C17H20F3N5O2/c1-24(2)16-21-14(22-23-16)10-5-7-25(8-6-10)15(27)12-9-11(26)3-4-13(12)17(18,19)20/h3-4,9-10,26H,5-8H2,1-2H3,(H,21,22,23). The summed E-state index contributed by atoms with van der Waals surface area (Å²) in [7, 11) is 3.64. The van der Waals surface area contributed by atoms with Crippen LogP contribution in [0.1, 0.15) is 40.5 Å². The fourth-order valence-corrected chi connectivity index (χ4v) is 3.13. The Kier molecular flexibility index (Phi) is 4.99. The SMILES string of the molecule is CN(C)c1n[nH]c(C2CCN(C(=O)c3cc(O)ccc3C(F)(F)F)CC2)n1. The number of H-pyrrole nitrogens is 1. The van der Waals surface area contributed by atoms with Gasteiger partial charge in [-0.25, -0.2) is 0 Å². The maximum atomic E-state index is 13.2. The number of aromatic hydroxyl groups is 1. The highest BCUT2D eigenvalue weighted by molar-refractivity contribution is 5.96. The van der Waals surface area contributed by atoms with Crippen molar-refractivity contribution in [2.75, 3.05) is 32.1 Å². The predicted octanol–water partition coefficient (Wildman–Crippen LogP) is 2.61. The van der Waals surface area contributed by atoms with Crippen molar-refractivity contribution in [2.45, 2.75) is 24.9 Å². The number of aromatic nitrogens is 3. The number of piperidine rings is 1. The minimum atomic E-state index is -4.67. The molecule has 0 radical (unpaired) electrons. The Balaban J connectivity index is 1.73. The molecule has 0 aliphatic carbocycles. The Bertz CT molecular complexity index is 826. The Hall–Kier alpha value is -2.78. The largest absolute Gasteiger partial charge is 0.508 e. The van der Waals surface area contributed by atoms with Gasteiger partial charge >= 0.3 is 6.18 Å². The van der Waals surface area contributed by atoms with Crippen LogP contribution in [0.5, 0.6) is 5.75 Å². The zero-order chi connectivity index (χ0) is 19.8. The average molecular weight is 383 g/mol. The van der Waals surface area contributed by atoms with E-state index in [4.69, 9.17) is 0 Å². The molecule has 2 N–H and O–H groups in total. The number of nitrogens with zero attached hydrogens (tertiary/aromatic N) is 4. The second-order valence-corrected chi connectivity index (χ2v) is 6.71. The van der Waals surface area contributed by atoms with E-state index in [2.05, 4.69) is 15.2 Å². The third-order valence-electron chi connectivity index (χ3n) is 4.60. The number of benzene rings is 1. The highest BCUT2D eigenvalue weighted by atomic mass is 19.4. The molecule has 3 rings (SSSR count). The zero-order valence-electron chi connectivity index (χ0n) is 14.9. The summed E-state index contributed by atoms with van der Waals surface area (Å²) in [6, 6.07) is 2.53. The molecule has 0 spiro atoms. The van der Waals surface area contributed by atoms with Crippen molar-refractivity contribution < 1.29 is 23.1 Å². The molecule has 1 aliphatic heterocycles. The fraction of sp³-hybridized carbons (Fsp3) is 0.471. The maximum absolute atomic E-state index is 13.2. The van der Waals surface area contributed by atoms with Gasteiger partial charge in [0.2, 0.25) is 5.95 Å². The van der Waals surface area contributed by atoms with Gasteiger partial charge in [-0.1, -0.05) is 0 Å². The van der Waals surface area contributed by atoms with Gasteiger partial charge in [-0.05, 0) is 31.0 Å². The molecule has 0 atom stereocenters. The molecule has 1 aromatic carbocycles. The number of likely N-dealkylation sites (tertiary alicyclic amines) is 1. The molecular formula is C17H20F3N5O2. The van der Waals surface area contributed by atoms with Crippen LogP contribution < -0.4 is 4.90 Å². The van der Waals surface area contributed by atoms with Gasteiger partial charge in [0.1, 0.15) is 11.6 Å². The smallest absolute Gasteiger partial charge is 0.417 e. The van der Waals surface area contributed by atoms with Crippen molar-refractivity contribution in [3.63, 3.8) is 0 Å². The van der Waals surface area contributed by atoms with E-state index >= 15 is 0 Å². The van der Waals surface area contributed by atoms with Gasteiger partial charge in [-0.15, -0.1) is 5.10 Å². The Labute approximate surface area is 153 Å². The predicted molar refractivity (Wildman–Crippen MR) is 91.7 cm³/mol. The molecule has 2 aromatic rings. The number of halogens is 3. The zero-order valence-corrected chi connectivity index (χ0v) is 14.9. The van der Waals surface area contributed by atoms with Gasteiger partial charge in [-0.3, -0.25) is 9.89 Å². The lowest BCUT2D eigenvalue weighted by Crippen LogP contribution is -2.39. The first-order valence-electron chi connectivity index (χ1n) is 8.46. The number of phenolic OH excluding ortho intramolecular Hbond substituents is 1. The molecule has 1 saturated heterocycles. The minimum absolute atomic E-state index is 0.0570. The molecule has 0 saturated carbocycles. The van der Waals surface area contributed by atoms with E-state index in [1.165, 1.54) is 4.90 Å². The van der Waals surface area contributed by atoms with E-state index in [0.29, 0.717) is 37.7 Å². The molecule has 1 aromatic heterocycles. The van der Waals surface area contributed by atoms with E-state index in [9.17, 15) is 23.1 Å². The van der Waals surface area contributed by atoms with Crippen LogP contribution >= 0.6 is 0 Å². The van der Waals surface area contributed by atoms with Crippen LogP contribution in [0.15, 0.2) is 18.2 Å². The molecule has 1 aliphatic rings. The number of hydrogen-bond acceptors (Lipinski definition) is 5. The number of amides is 1. The Morgan fingerprint density at radius 2 is 1.96 bits per heavy atom. The van der Waals surface area contributed by atoms with E-state index in [1.807, 2.05) is 14.1 Å². The summed E-state index contributed by atoms with van der Waals surface area (Å²) < 4.78 is 39.5. The normalized spacial score (nSPS) is 15.8. The quantitative estimate of drug-likeness (QED) is 0.851. The third kappa shape index (κ3) is 3.99.